The van der Waals surface area contributed by atoms with Gasteiger partial charge in [0.05, 0.1) is 0 Å². The van der Waals surface area contributed by atoms with Crippen molar-refractivity contribution in [1.82, 2.24) is 20.0 Å². The third-order valence-corrected chi connectivity index (χ3v) is 5.70. The number of carbonyl (C=O) groups is 1. The normalized spacial score (nSPS) is 29.1. The van der Waals surface area contributed by atoms with E-state index < -0.39 is 0 Å². The van der Waals surface area contributed by atoms with Gasteiger partial charge in [0.15, 0.2) is 0 Å². The number of carbonyl (C=O) groups excluding carboxylic acids is 1. The summed E-state index contributed by atoms with van der Waals surface area (Å²) < 4.78 is 0. The summed E-state index contributed by atoms with van der Waals surface area (Å²) in [5, 5.41) is 3.32. The number of likely N-dealkylation sites (tertiary alicyclic amines) is 2. The number of amides is 1. The Kier molecular flexibility index (Phi) is 5.71. The van der Waals surface area contributed by atoms with Gasteiger partial charge in [0.25, 0.3) is 0 Å². The minimum absolute atomic E-state index is 0.282. The summed E-state index contributed by atoms with van der Waals surface area (Å²) in [4.78, 5) is 19.8. The monoisotopic (exact) mass is 308 g/mol. The highest BCUT2D eigenvalue weighted by Crippen LogP contribution is 2.23. The van der Waals surface area contributed by atoms with Gasteiger partial charge in [-0.2, -0.15) is 0 Å². The molecule has 0 radical (unpaired) electrons. The number of hydrogen-bond acceptors (Lipinski definition) is 4. The standard InChI is InChI=1S/C17H32N4O/c1-2-19-8-3-15(13-19)14-20-9-4-16(5-10-20)17(22)21-11-6-18-7-12-21/h15-16,18H,2-14H2,1H3/t15-/m0/s1. The summed E-state index contributed by atoms with van der Waals surface area (Å²) in [6, 6.07) is 0. The minimum Gasteiger partial charge on any atom is -0.340 e. The maximum Gasteiger partial charge on any atom is 0.225 e. The van der Waals surface area contributed by atoms with E-state index in [1.165, 1.54) is 32.6 Å². The van der Waals surface area contributed by atoms with Gasteiger partial charge in [0.1, 0.15) is 0 Å². The fraction of sp³-hybridized carbons (Fsp3) is 0.941. The molecule has 1 amide bonds. The van der Waals surface area contributed by atoms with E-state index in [2.05, 4.69) is 26.9 Å². The largest absolute Gasteiger partial charge is 0.340 e. The number of rotatable bonds is 4. The Morgan fingerprint density at radius 2 is 1.68 bits per heavy atom. The Morgan fingerprint density at radius 1 is 1.00 bits per heavy atom. The molecule has 1 N–H and O–H groups in total. The van der Waals surface area contributed by atoms with E-state index in [9.17, 15) is 4.79 Å². The molecule has 0 saturated carbocycles. The lowest BCUT2D eigenvalue weighted by molar-refractivity contribution is -0.137. The van der Waals surface area contributed by atoms with Crippen LogP contribution in [0.1, 0.15) is 26.2 Å². The lowest BCUT2D eigenvalue weighted by atomic mass is 9.94. The highest BCUT2D eigenvalue weighted by Gasteiger charge is 2.30. The molecule has 0 bridgehead atoms. The first-order chi connectivity index (χ1) is 10.8. The van der Waals surface area contributed by atoms with Crippen molar-refractivity contribution in [3.63, 3.8) is 0 Å². The van der Waals surface area contributed by atoms with E-state index in [0.29, 0.717) is 5.91 Å². The second-order valence-corrected chi connectivity index (χ2v) is 7.20. The molecule has 3 heterocycles. The molecule has 126 valence electrons. The molecule has 0 aromatic heterocycles. The molecule has 22 heavy (non-hydrogen) atoms. The SMILES string of the molecule is CCN1CC[C@H](CN2CCC(C(=O)N3CCNCC3)CC2)C1. The van der Waals surface area contributed by atoms with Gasteiger partial charge in [-0.25, -0.2) is 0 Å². The fourth-order valence-electron chi connectivity index (χ4n) is 4.22. The average molecular weight is 308 g/mol. The van der Waals surface area contributed by atoms with Gasteiger partial charge in [0.2, 0.25) is 5.91 Å². The number of nitrogens with zero attached hydrogens (tertiary/aromatic N) is 3. The number of piperidine rings is 1. The second-order valence-electron chi connectivity index (χ2n) is 7.20. The zero-order chi connectivity index (χ0) is 15.4. The molecule has 0 aliphatic carbocycles. The first-order valence-corrected chi connectivity index (χ1v) is 9.20. The van der Waals surface area contributed by atoms with E-state index >= 15 is 0 Å². The van der Waals surface area contributed by atoms with Crippen LogP contribution in [0.2, 0.25) is 0 Å². The van der Waals surface area contributed by atoms with Gasteiger partial charge in [-0.05, 0) is 51.4 Å². The fourth-order valence-corrected chi connectivity index (χ4v) is 4.22. The molecule has 5 nitrogen and oxygen atoms in total. The third kappa shape index (κ3) is 4.00. The molecule has 3 aliphatic heterocycles. The molecule has 0 aromatic rings. The Morgan fingerprint density at radius 3 is 2.32 bits per heavy atom. The van der Waals surface area contributed by atoms with Crippen molar-refractivity contribution in [2.24, 2.45) is 11.8 Å². The lowest BCUT2D eigenvalue weighted by Gasteiger charge is -2.36. The molecule has 1 atom stereocenters. The molecule has 5 heteroatoms. The first-order valence-electron chi connectivity index (χ1n) is 9.20. The molecule has 0 spiro atoms. The van der Waals surface area contributed by atoms with Gasteiger partial charge in [-0.1, -0.05) is 6.92 Å². The summed E-state index contributed by atoms with van der Waals surface area (Å²) in [6.07, 6.45) is 3.48. The van der Waals surface area contributed by atoms with Crippen molar-refractivity contribution in [2.45, 2.75) is 26.2 Å². The van der Waals surface area contributed by atoms with Crippen LogP contribution in [0.3, 0.4) is 0 Å². The molecule has 0 aromatic carbocycles. The van der Waals surface area contributed by atoms with E-state index in [0.717, 1.165) is 58.0 Å². The zero-order valence-corrected chi connectivity index (χ0v) is 14.1. The maximum atomic E-state index is 12.6. The highest BCUT2D eigenvalue weighted by atomic mass is 16.2. The van der Waals surface area contributed by atoms with Crippen LogP contribution in [-0.2, 0) is 4.79 Å². The van der Waals surface area contributed by atoms with Crippen LogP contribution in [0.15, 0.2) is 0 Å². The van der Waals surface area contributed by atoms with Crippen molar-refractivity contribution < 1.29 is 4.79 Å². The van der Waals surface area contributed by atoms with Crippen molar-refractivity contribution in [3.05, 3.63) is 0 Å². The Bertz CT molecular complexity index is 362. The van der Waals surface area contributed by atoms with Gasteiger partial charge < -0.3 is 20.0 Å². The molecule has 3 aliphatic rings. The predicted molar refractivity (Wildman–Crippen MR) is 88.8 cm³/mol. The number of hydrogen-bond donors (Lipinski definition) is 1. The van der Waals surface area contributed by atoms with Crippen LogP contribution >= 0.6 is 0 Å². The number of piperazine rings is 1. The molecule has 3 fully saturated rings. The Labute approximate surface area is 135 Å². The van der Waals surface area contributed by atoms with Gasteiger partial charge in [-0.15, -0.1) is 0 Å². The third-order valence-electron chi connectivity index (χ3n) is 5.70. The maximum absolute atomic E-state index is 12.6. The molecule has 3 saturated heterocycles. The second kappa shape index (κ2) is 7.75. The average Bonchev–Trinajstić information content (AvgIpc) is 3.03. The van der Waals surface area contributed by atoms with Crippen LogP contribution < -0.4 is 5.32 Å². The summed E-state index contributed by atoms with van der Waals surface area (Å²) in [7, 11) is 0. The van der Waals surface area contributed by atoms with Crippen LogP contribution in [0.25, 0.3) is 0 Å². The first kappa shape index (κ1) is 16.2. The lowest BCUT2D eigenvalue weighted by Crippen LogP contribution is -2.50. The molecule has 0 unspecified atom stereocenters. The van der Waals surface area contributed by atoms with Crippen molar-refractivity contribution in [1.29, 1.82) is 0 Å². The topological polar surface area (TPSA) is 38.8 Å². The highest BCUT2D eigenvalue weighted by molar-refractivity contribution is 5.79. The van der Waals surface area contributed by atoms with Crippen LogP contribution in [-0.4, -0.2) is 86.1 Å². The van der Waals surface area contributed by atoms with Crippen LogP contribution in [0.4, 0.5) is 0 Å². The smallest absolute Gasteiger partial charge is 0.225 e. The van der Waals surface area contributed by atoms with E-state index in [-0.39, 0.29) is 5.92 Å². The van der Waals surface area contributed by atoms with Crippen LogP contribution in [0.5, 0.6) is 0 Å². The van der Waals surface area contributed by atoms with Crippen molar-refractivity contribution in [3.8, 4) is 0 Å². The van der Waals surface area contributed by atoms with Crippen molar-refractivity contribution in [2.75, 3.05) is 65.4 Å². The van der Waals surface area contributed by atoms with E-state index in [4.69, 9.17) is 0 Å². The van der Waals surface area contributed by atoms with Crippen LogP contribution in [0, 0.1) is 11.8 Å². The predicted octanol–water partition coefficient (Wildman–Crippen LogP) is 0.472. The summed E-state index contributed by atoms with van der Waals surface area (Å²) in [6.45, 7) is 13.2. The Balaban J connectivity index is 1.39. The number of nitrogens with one attached hydrogen (secondary N) is 1. The summed E-state index contributed by atoms with van der Waals surface area (Å²) in [5.74, 6) is 1.55. The zero-order valence-electron chi connectivity index (χ0n) is 14.1. The van der Waals surface area contributed by atoms with Crippen molar-refractivity contribution >= 4 is 5.91 Å². The summed E-state index contributed by atoms with van der Waals surface area (Å²) >= 11 is 0. The molecule has 3 rings (SSSR count). The summed E-state index contributed by atoms with van der Waals surface area (Å²) in [5.41, 5.74) is 0. The van der Waals surface area contributed by atoms with Gasteiger partial charge >= 0.3 is 0 Å². The molecular weight excluding hydrogens is 276 g/mol. The Hall–Kier alpha value is -0.650. The quantitative estimate of drug-likeness (QED) is 0.819. The van der Waals surface area contributed by atoms with E-state index in [1.54, 1.807) is 0 Å². The van der Waals surface area contributed by atoms with Gasteiger partial charge in [-0.3, -0.25) is 4.79 Å². The van der Waals surface area contributed by atoms with Gasteiger partial charge in [0, 0.05) is 45.2 Å². The minimum atomic E-state index is 0.282. The van der Waals surface area contributed by atoms with E-state index in [1.807, 2.05) is 0 Å². The molecular formula is C17H32N4O.